The number of nitrogens with one attached hydrogen (secondary N) is 1. The lowest BCUT2D eigenvalue weighted by Gasteiger charge is -2.33. The van der Waals surface area contributed by atoms with Gasteiger partial charge in [-0.05, 0) is 24.1 Å². The van der Waals surface area contributed by atoms with Crippen LogP contribution in [0.15, 0.2) is 36.5 Å². The van der Waals surface area contributed by atoms with Crippen LogP contribution in [0.2, 0.25) is 0 Å². The number of thiazole rings is 1. The summed E-state index contributed by atoms with van der Waals surface area (Å²) in [4.78, 5) is 35.4. The van der Waals surface area contributed by atoms with Crippen molar-refractivity contribution in [2.75, 3.05) is 18.2 Å². The number of hydrogen-bond donors (Lipinski definition) is 1. The zero-order valence-electron chi connectivity index (χ0n) is 15.9. The Morgan fingerprint density at radius 1 is 1.37 bits per heavy atom. The summed E-state index contributed by atoms with van der Waals surface area (Å²) in [6.07, 6.45) is 2.52. The van der Waals surface area contributed by atoms with Crippen LogP contribution in [0.5, 0.6) is 5.75 Å². The van der Waals surface area contributed by atoms with E-state index in [1.807, 2.05) is 6.07 Å². The van der Waals surface area contributed by atoms with Crippen molar-refractivity contribution in [3.05, 3.63) is 47.9 Å². The predicted octanol–water partition coefficient (Wildman–Crippen LogP) is 3.37. The van der Waals surface area contributed by atoms with E-state index in [0.717, 1.165) is 10.3 Å². The van der Waals surface area contributed by atoms with Crippen LogP contribution >= 0.6 is 23.1 Å². The predicted molar refractivity (Wildman–Crippen MR) is 113 cm³/mol. The summed E-state index contributed by atoms with van der Waals surface area (Å²) in [6.45, 7) is 0. The summed E-state index contributed by atoms with van der Waals surface area (Å²) in [5, 5.41) is 3.27. The number of anilines is 1. The molecule has 2 saturated heterocycles. The van der Waals surface area contributed by atoms with Crippen molar-refractivity contribution in [3.63, 3.8) is 0 Å². The molecular weight excluding hydrogens is 427 g/mol. The highest BCUT2D eigenvalue weighted by Crippen LogP contribution is 2.54. The van der Waals surface area contributed by atoms with Crippen LogP contribution in [0.25, 0.3) is 10.3 Å². The lowest BCUT2D eigenvalue weighted by Crippen LogP contribution is -2.48. The average Bonchev–Trinajstić information content (AvgIpc) is 3.41. The maximum atomic E-state index is 13.4. The van der Waals surface area contributed by atoms with Gasteiger partial charge in [0.05, 0.1) is 18.0 Å². The first-order valence-corrected chi connectivity index (χ1v) is 11.1. The summed E-state index contributed by atoms with van der Waals surface area (Å²) >= 11 is 2.86. The molecule has 2 aliphatic rings. The number of carbonyl (C=O) groups excluding carboxylic acids is 2. The molecule has 0 saturated carbocycles. The van der Waals surface area contributed by atoms with Gasteiger partial charge in [-0.15, -0.1) is 11.8 Å². The number of benzene rings is 1. The first-order valence-electron chi connectivity index (χ1n) is 9.34. The first-order chi connectivity index (χ1) is 14.5. The van der Waals surface area contributed by atoms with E-state index in [2.05, 4.69) is 15.3 Å². The van der Waals surface area contributed by atoms with Crippen LogP contribution in [0.1, 0.15) is 18.4 Å². The summed E-state index contributed by atoms with van der Waals surface area (Å²) in [5.74, 6) is 0.395. The molecule has 10 heteroatoms. The van der Waals surface area contributed by atoms with Gasteiger partial charge < -0.3 is 15.0 Å². The number of nitrogens with zero attached hydrogens (tertiary/aromatic N) is 3. The molecule has 2 unspecified atom stereocenters. The number of carbonyl (C=O) groups is 2. The molecule has 30 heavy (non-hydrogen) atoms. The molecule has 0 spiro atoms. The van der Waals surface area contributed by atoms with Crippen LogP contribution in [-0.2, 0) is 14.5 Å². The number of aromatic nitrogens is 2. The van der Waals surface area contributed by atoms with Crippen molar-refractivity contribution in [2.24, 2.45) is 0 Å². The Balaban J connectivity index is 1.41. The topological polar surface area (TPSA) is 84.4 Å². The van der Waals surface area contributed by atoms with Crippen LogP contribution in [0.4, 0.5) is 9.52 Å². The molecule has 5 rings (SSSR count). The third-order valence-corrected chi connectivity index (χ3v) is 7.92. The van der Waals surface area contributed by atoms with Crippen LogP contribution < -0.4 is 10.1 Å². The van der Waals surface area contributed by atoms with E-state index in [1.165, 1.54) is 23.5 Å². The van der Waals surface area contributed by atoms with Gasteiger partial charge in [0.2, 0.25) is 11.8 Å². The molecule has 0 bridgehead atoms. The summed E-state index contributed by atoms with van der Waals surface area (Å²) in [5.41, 5.74) is 1.36. The second-order valence-electron chi connectivity index (χ2n) is 7.09. The van der Waals surface area contributed by atoms with E-state index >= 15 is 0 Å². The van der Waals surface area contributed by atoms with Crippen molar-refractivity contribution in [3.8, 4) is 5.75 Å². The first kappa shape index (κ1) is 19.3. The van der Waals surface area contributed by atoms with Gasteiger partial charge in [0.25, 0.3) is 0 Å². The van der Waals surface area contributed by atoms with Gasteiger partial charge in [-0.25, -0.2) is 9.37 Å². The molecule has 3 aromatic rings. The minimum Gasteiger partial charge on any atom is -0.495 e. The summed E-state index contributed by atoms with van der Waals surface area (Å²) in [7, 11) is 1.56. The maximum Gasteiger partial charge on any atom is 0.249 e. The van der Waals surface area contributed by atoms with Crippen molar-refractivity contribution in [1.82, 2.24) is 14.9 Å². The lowest BCUT2D eigenvalue weighted by molar-refractivity contribution is -0.136. The number of thioether (sulfide) groups is 1. The van der Waals surface area contributed by atoms with Gasteiger partial charge in [-0.2, -0.15) is 4.98 Å². The molecule has 2 amide bonds. The monoisotopic (exact) mass is 444 g/mol. The largest absolute Gasteiger partial charge is 0.495 e. The molecule has 1 aromatic carbocycles. The second kappa shape index (κ2) is 7.21. The van der Waals surface area contributed by atoms with Crippen molar-refractivity contribution >= 4 is 50.4 Å². The molecule has 4 heterocycles. The lowest BCUT2D eigenvalue weighted by atomic mass is 10.0. The number of rotatable bonds is 4. The minimum atomic E-state index is -0.630. The Bertz CT molecular complexity index is 1150. The summed E-state index contributed by atoms with van der Waals surface area (Å²) in [6, 6.07) is 7.36. The van der Waals surface area contributed by atoms with E-state index in [0.29, 0.717) is 35.1 Å². The smallest absolute Gasteiger partial charge is 0.249 e. The Hall–Kier alpha value is -2.72. The number of ether oxygens (including phenoxy) is 1. The van der Waals surface area contributed by atoms with Gasteiger partial charge in [0, 0.05) is 18.2 Å². The quantitative estimate of drug-likeness (QED) is 0.664. The molecule has 7 nitrogen and oxygen atoms in total. The van der Waals surface area contributed by atoms with E-state index in [4.69, 9.17) is 4.74 Å². The molecule has 1 N–H and O–H groups in total. The SMILES string of the molecule is COc1cnc2nc(NC(=O)C3CSC4(c5ccc(F)cc5)CCC(=O)N34)sc2c1. The number of hydrogen-bond acceptors (Lipinski definition) is 7. The third-order valence-electron chi connectivity index (χ3n) is 5.41. The Morgan fingerprint density at radius 2 is 2.17 bits per heavy atom. The minimum absolute atomic E-state index is 0.0693. The number of methoxy groups -OCH3 is 1. The van der Waals surface area contributed by atoms with Crippen LogP contribution in [0, 0.1) is 5.82 Å². The normalized spacial score (nSPS) is 23.1. The fraction of sp³-hybridized carbons (Fsp3) is 0.300. The second-order valence-corrected chi connectivity index (χ2v) is 9.42. The van der Waals surface area contributed by atoms with Crippen molar-refractivity contribution in [1.29, 1.82) is 0 Å². The van der Waals surface area contributed by atoms with E-state index < -0.39 is 10.9 Å². The van der Waals surface area contributed by atoms with Crippen LogP contribution in [0.3, 0.4) is 0 Å². The number of pyridine rings is 1. The van der Waals surface area contributed by atoms with E-state index in [1.54, 1.807) is 42.1 Å². The molecule has 154 valence electrons. The zero-order valence-corrected chi connectivity index (χ0v) is 17.6. The Kier molecular flexibility index (Phi) is 4.62. The maximum absolute atomic E-state index is 13.4. The average molecular weight is 445 g/mol. The fourth-order valence-corrected chi connectivity index (χ4v) is 6.51. The highest BCUT2D eigenvalue weighted by Gasteiger charge is 2.56. The molecule has 2 aromatic heterocycles. The third kappa shape index (κ3) is 3.02. The molecule has 2 atom stereocenters. The Morgan fingerprint density at radius 3 is 2.93 bits per heavy atom. The number of fused-ring (bicyclic) bond motifs is 2. The molecule has 0 aliphatic carbocycles. The highest BCUT2D eigenvalue weighted by molar-refractivity contribution is 8.00. The number of halogens is 1. The zero-order chi connectivity index (χ0) is 20.9. The van der Waals surface area contributed by atoms with Gasteiger partial charge in [-0.1, -0.05) is 23.5 Å². The molecule has 2 aliphatic heterocycles. The molecule has 0 radical (unpaired) electrons. The fourth-order valence-electron chi connectivity index (χ4n) is 4.00. The van der Waals surface area contributed by atoms with Gasteiger partial charge in [0.1, 0.15) is 22.5 Å². The van der Waals surface area contributed by atoms with Crippen LogP contribution in [-0.4, -0.2) is 45.6 Å². The standard InChI is InChI=1S/C20H17FN4O3S2/c1-28-13-8-15-17(22-9-13)23-19(30-15)24-18(27)14-10-29-20(7-6-16(26)25(14)20)11-2-4-12(21)5-3-11/h2-5,8-9,14H,6-7,10H2,1H3,(H,22,23,24,27). The summed E-state index contributed by atoms with van der Waals surface area (Å²) < 4.78 is 19.4. The van der Waals surface area contributed by atoms with Gasteiger partial charge >= 0.3 is 0 Å². The Labute approximate surface area is 179 Å². The van der Waals surface area contributed by atoms with Crippen molar-refractivity contribution in [2.45, 2.75) is 23.8 Å². The molecular formula is C20H17FN4O3S2. The van der Waals surface area contributed by atoms with Gasteiger partial charge in [0.15, 0.2) is 10.8 Å². The number of amides is 2. The highest BCUT2D eigenvalue weighted by atomic mass is 32.2. The van der Waals surface area contributed by atoms with E-state index in [-0.39, 0.29) is 17.6 Å². The molecule has 2 fully saturated rings. The van der Waals surface area contributed by atoms with E-state index in [9.17, 15) is 14.0 Å². The van der Waals surface area contributed by atoms with Gasteiger partial charge in [-0.3, -0.25) is 9.59 Å². The van der Waals surface area contributed by atoms with Crippen molar-refractivity contribution < 1.29 is 18.7 Å².